The molecule has 1 saturated heterocycles. The zero-order valence-corrected chi connectivity index (χ0v) is 18.9. The van der Waals surface area contributed by atoms with Crippen molar-refractivity contribution in [3.05, 3.63) is 46.9 Å². The summed E-state index contributed by atoms with van der Waals surface area (Å²) in [5.41, 5.74) is 4.28. The van der Waals surface area contributed by atoms with Gasteiger partial charge in [0, 0.05) is 44.3 Å². The van der Waals surface area contributed by atoms with Gasteiger partial charge in [0.1, 0.15) is 17.7 Å². The van der Waals surface area contributed by atoms with Crippen molar-refractivity contribution in [1.82, 2.24) is 9.88 Å². The Balaban J connectivity index is 1.68. The number of anilines is 1. The Morgan fingerprint density at radius 3 is 2.59 bits per heavy atom. The molecule has 1 saturated carbocycles. The second-order valence-corrected chi connectivity index (χ2v) is 8.71. The second-order valence-electron chi connectivity index (χ2n) is 8.71. The number of piperazine rings is 1. The highest BCUT2D eigenvalue weighted by Gasteiger charge is 2.34. The molecule has 2 aromatic rings. The summed E-state index contributed by atoms with van der Waals surface area (Å²) in [5.74, 6) is 0.883. The van der Waals surface area contributed by atoms with Crippen LogP contribution in [0.3, 0.4) is 0 Å². The number of ether oxygens (including phenoxy) is 1. The summed E-state index contributed by atoms with van der Waals surface area (Å²) in [4.78, 5) is 21.6. The number of aromatic nitrogens is 1. The number of nitrogens with zero attached hydrogens (tertiary/aromatic N) is 4. The molecule has 168 valence electrons. The Morgan fingerprint density at radius 2 is 2.00 bits per heavy atom. The van der Waals surface area contributed by atoms with E-state index < -0.39 is 0 Å². The van der Waals surface area contributed by atoms with Crippen LogP contribution in [-0.4, -0.2) is 55.2 Å². The van der Waals surface area contributed by atoms with Crippen molar-refractivity contribution in [2.24, 2.45) is 0 Å². The van der Waals surface area contributed by atoms with Gasteiger partial charge in [-0.25, -0.2) is 9.37 Å². The number of amides is 1. The van der Waals surface area contributed by atoms with Gasteiger partial charge in [0.25, 0.3) is 0 Å². The minimum atomic E-state index is -0.281. The molecule has 2 aliphatic rings. The minimum absolute atomic E-state index is 0.0166. The van der Waals surface area contributed by atoms with Crippen molar-refractivity contribution in [1.29, 1.82) is 5.26 Å². The SMILES string of the molecule is COCCC(=O)N1CCN(c2nc(C3CC3)c(-c3ccc(F)cc3)c(C)c2C#N)C[C@H]1C. The van der Waals surface area contributed by atoms with Gasteiger partial charge in [-0.2, -0.15) is 5.26 Å². The van der Waals surface area contributed by atoms with Gasteiger partial charge in [-0.15, -0.1) is 0 Å². The molecule has 0 bridgehead atoms. The van der Waals surface area contributed by atoms with E-state index in [1.54, 1.807) is 19.2 Å². The molecular weight excluding hydrogens is 407 g/mol. The maximum Gasteiger partial charge on any atom is 0.225 e. The number of hydrogen-bond acceptors (Lipinski definition) is 5. The van der Waals surface area contributed by atoms with Crippen molar-refractivity contribution in [3.63, 3.8) is 0 Å². The van der Waals surface area contributed by atoms with E-state index in [0.29, 0.717) is 50.0 Å². The Labute approximate surface area is 188 Å². The fraction of sp³-hybridized carbons (Fsp3) is 0.480. The normalized spacial score (nSPS) is 18.5. The number of carbonyl (C=O) groups is 1. The first-order valence-corrected chi connectivity index (χ1v) is 11.2. The lowest BCUT2D eigenvalue weighted by Gasteiger charge is -2.41. The number of halogens is 1. The van der Waals surface area contributed by atoms with E-state index in [2.05, 4.69) is 11.0 Å². The van der Waals surface area contributed by atoms with Crippen LogP contribution < -0.4 is 4.90 Å². The van der Waals surface area contributed by atoms with Gasteiger partial charge in [-0.05, 0) is 49.9 Å². The fourth-order valence-corrected chi connectivity index (χ4v) is 4.56. The predicted molar refractivity (Wildman–Crippen MR) is 121 cm³/mol. The molecule has 1 amide bonds. The molecule has 2 heterocycles. The largest absolute Gasteiger partial charge is 0.384 e. The number of rotatable bonds is 6. The van der Waals surface area contributed by atoms with Gasteiger partial charge in [0.05, 0.1) is 24.3 Å². The molecule has 1 aromatic carbocycles. The quantitative estimate of drug-likeness (QED) is 0.684. The first-order valence-electron chi connectivity index (χ1n) is 11.2. The van der Waals surface area contributed by atoms with E-state index in [1.807, 2.05) is 18.7 Å². The lowest BCUT2D eigenvalue weighted by atomic mass is 9.93. The summed E-state index contributed by atoms with van der Waals surface area (Å²) in [6.45, 7) is 6.26. The van der Waals surface area contributed by atoms with Crippen molar-refractivity contribution in [3.8, 4) is 17.2 Å². The van der Waals surface area contributed by atoms with Crippen LogP contribution >= 0.6 is 0 Å². The van der Waals surface area contributed by atoms with Gasteiger partial charge in [0.15, 0.2) is 0 Å². The Morgan fingerprint density at radius 1 is 1.28 bits per heavy atom. The van der Waals surface area contributed by atoms with E-state index in [1.165, 1.54) is 12.1 Å². The smallest absolute Gasteiger partial charge is 0.225 e. The highest BCUT2D eigenvalue weighted by molar-refractivity contribution is 5.78. The predicted octanol–water partition coefficient (Wildman–Crippen LogP) is 4.02. The molecule has 0 radical (unpaired) electrons. The number of hydrogen-bond donors (Lipinski definition) is 0. The van der Waals surface area contributed by atoms with Crippen molar-refractivity contribution >= 4 is 11.7 Å². The molecule has 32 heavy (non-hydrogen) atoms. The zero-order valence-electron chi connectivity index (χ0n) is 18.9. The van der Waals surface area contributed by atoms with Crippen LogP contribution in [-0.2, 0) is 9.53 Å². The molecule has 4 rings (SSSR count). The maximum absolute atomic E-state index is 13.5. The summed E-state index contributed by atoms with van der Waals surface area (Å²) in [5, 5.41) is 10.0. The van der Waals surface area contributed by atoms with Crippen LogP contribution in [0.1, 0.15) is 48.9 Å². The molecule has 6 nitrogen and oxygen atoms in total. The Hall–Kier alpha value is -2.98. The summed E-state index contributed by atoms with van der Waals surface area (Å²) < 4.78 is 18.6. The third-order valence-corrected chi connectivity index (χ3v) is 6.43. The molecule has 0 spiro atoms. The summed E-state index contributed by atoms with van der Waals surface area (Å²) in [6.07, 6.45) is 2.52. The monoisotopic (exact) mass is 436 g/mol. The van der Waals surface area contributed by atoms with Crippen LogP contribution in [0.5, 0.6) is 0 Å². The highest BCUT2D eigenvalue weighted by Crippen LogP contribution is 2.46. The van der Waals surface area contributed by atoms with Gasteiger partial charge in [-0.1, -0.05) is 12.1 Å². The number of pyridine rings is 1. The standard InChI is InChI=1S/C25H29FN4O2/c1-16-15-29(11-12-30(16)22(31)10-13-32-3)25-21(14-27)17(2)23(24(28-25)19-4-5-19)18-6-8-20(26)9-7-18/h6-9,16,19H,4-5,10-13,15H2,1-3H3/t16-/m1/s1. The molecule has 1 aliphatic carbocycles. The third kappa shape index (κ3) is 4.33. The number of benzene rings is 1. The number of methoxy groups -OCH3 is 1. The average Bonchev–Trinajstić information content (AvgIpc) is 3.63. The zero-order chi connectivity index (χ0) is 22.8. The van der Waals surface area contributed by atoms with Crippen LogP contribution in [0.15, 0.2) is 24.3 Å². The highest BCUT2D eigenvalue weighted by atomic mass is 19.1. The lowest BCUT2D eigenvalue weighted by Crippen LogP contribution is -2.54. The third-order valence-electron chi connectivity index (χ3n) is 6.43. The molecule has 1 aromatic heterocycles. The van der Waals surface area contributed by atoms with E-state index in [4.69, 9.17) is 9.72 Å². The molecule has 1 aliphatic heterocycles. The Kier molecular flexibility index (Phi) is 6.43. The van der Waals surface area contributed by atoms with Gasteiger partial charge < -0.3 is 14.5 Å². The van der Waals surface area contributed by atoms with Gasteiger partial charge in [-0.3, -0.25) is 4.79 Å². The topological polar surface area (TPSA) is 69.5 Å². The molecular formula is C25H29FN4O2. The van der Waals surface area contributed by atoms with Gasteiger partial charge in [0.2, 0.25) is 5.91 Å². The maximum atomic E-state index is 13.5. The van der Waals surface area contributed by atoms with E-state index >= 15 is 0 Å². The molecule has 1 atom stereocenters. The molecule has 2 fully saturated rings. The summed E-state index contributed by atoms with van der Waals surface area (Å²) >= 11 is 0. The average molecular weight is 437 g/mol. The first-order chi connectivity index (χ1) is 15.4. The summed E-state index contributed by atoms with van der Waals surface area (Å²) in [7, 11) is 1.60. The van der Waals surface area contributed by atoms with Crippen LogP contribution in [0.25, 0.3) is 11.1 Å². The number of carbonyl (C=O) groups excluding carboxylic acids is 1. The first kappa shape index (κ1) is 22.2. The van der Waals surface area contributed by atoms with Gasteiger partial charge >= 0.3 is 0 Å². The summed E-state index contributed by atoms with van der Waals surface area (Å²) in [6, 6.07) is 8.81. The second kappa shape index (κ2) is 9.25. The fourth-order valence-electron chi connectivity index (χ4n) is 4.56. The lowest BCUT2D eigenvalue weighted by molar-refractivity contribution is -0.134. The Bertz CT molecular complexity index is 1040. The van der Waals surface area contributed by atoms with Crippen molar-refractivity contribution < 1.29 is 13.9 Å². The number of nitriles is 1. The van der Waals surface area contributed by atoms with Crippen molar-refractivity contribution in [2.75, 3.05) is 38.3 Å². The van der Waals surface area contributed by atoms with Crippen LogP contribution in [0.2, 0.25) is 0 Å². The minimum Gasteiger partial charge on any atom is -0.384 e. The molecule has 0 unspecified atom stereocenters. The van der Waals surface area contributed by atoms with E-state index in [0.717, 1.165) is 35.2 Å². The van der Waals surface area contributed by atoms with E-state index in [-0.39, 0.29) is 17.8 Å². The molecule has 0 N–H and O–H groups in total. The molecule has 7 heteroatoms. The van der Waals surface area contributed by atoms with E-state index in [9.17, 15) is 14.4 Å². The van der Waals surface area contributed by atoms with Crippen LogP contribution in [0, 0.1) is 24.1 Å². The van der Waals surface area contributed by atoms with Crippen molar-refractivity contribution in [2.45, 2.75) is 45.1 Å². The van der Waals surface area contributed by atoms with Crippen LogP contribution in [0.4, 0.5) is 10.2 Å².